The maximum Gasteiger partial charge on any atom is 0.270 e. The fourth-order valence-electron chi connectivity index (χ4n) is 5.41. The molecule has 0 radical (unpaired) electrons. The first-order chi connectivity index (χ1) is 15.5. The van der Waals surface area contributed by atoms with Gasteiger partial charge < -0.3 is 15.8 Å². The van der Waals surface area contributed by atoms with Gasteiger partial charge in [0.25, 0.3) is 11.8 Å². The third kappa shape index (κ3) is 3.21. The number of pyridine rings is 2. The van der Waals surface area contributed by atoms with E-state index in [1.54, 1.807) is 24.5 Å². The lowest BCUT2D eigenvalue weighted by Crippen LogP contribution is -2.58. The van der Waals surface area contributed by atoms with Gasteiger partial charge >= 0.3 is 0 Å². The maximum absolute atomic E-state index is 12.9. The minimum atomic E-state index is -0.537. The molecule has 0 aliphatic heterocycles. The van der Waals surface area contributed by atoms with Gasteiger partial charge in [-0.2, -0.15) is 0 Å². The largest absolute Gasteiger partial charge is 0.474 e. The number of amides is 2. The van der Waals surface area contributed by atoms with Gasteiger partial charge in [0.15, 0.2) is 0 Å². The minimum absolute atomic E-state index is 0.0271. The van der Waals surface area contributed by atoms with Gasteiger partial charge in [0.1, 0.15) is 23.0 Å². The molecule has 0 unspecified atom stereocenters. The first-order valence-electron chi connectivity index (χ1n) is 11.2. The number of carbonyl (C=O) groups is 2. The van der Waals surface area contributed by atoms with Gasteiger partial charge in [-0.3, -0.25) is 14.0 Å². The Hall–Kier alpha value is -3.42. The standard InChI is InChI=1S/C24H25N5O3/c25-20(30)18-3-1-7-26-23(18)32-16-11-24(12-16)9-15(10-24)28-22(31)19-13-27-21-17(14-5-6-14)4-2-8-29(19)21/h1-4,7-8,13-16H,5-6,9-12H2,(H2,25,30)(H,28,31). The summed E-state index contributed by atoms with van der Waals surface area (Å²) in [6.07, 6.45) is 11.3. The molecule has 3 fully saturated rings. The van der Waals surface area contributed by atoms with Crippen LogP contribution in [0.25, 0.3) is 5.65 Å². The van der Waals surface area contributed by atoms with Crippen molar-refractivity contribution < 1.29 is 14.3 Å². The molecule has 164 valence electrons. The topological polar surface area (TPSA) is 112 Å². The fourth-order valence-corrected chi connectivity index (χ4v) is 5.41. The highest BCUT2D eigenvalue weighted by atomic mass is 16.5. The average Bonchev–Trinajstić information content (AvgIpc) is 3.48. The summed E-state index contributed by atoms with van der Waals surface area (Å²) in [6.45, 7) is 0. The van der Waals surface area contributed by atoms with E-state index < -0.39 is 5.91 Å². The molecular formula is C24H25N5O3. The zero-order chi connectivity index (χ0) is 21.9. The van der Waals surface area contributed by atoms with Gasteiger partial charge in [-0.05, 0) is 73.6 Å². The molecule has 3 aliphatic rings. The van der Waals surface area contributed by atoms with Gasteiger partial charge in [-0.25, -0.2) is 9.97 Å². The van der Waals surface area contributed by atoms with Crippen LogP contribution in [0.1, 0.15) is 70.9 Å². The third-order valence-electron chi connectivity index (χ3n) is 7.15. The van der Waals surface area contributed by atoms with Crippen molar-refractivity contribution in [3.63, 3.8) is 0 Å². The highest BCUT2D eigenvalue weighted by Crippen LogP contribution is 2.56. The maximum atomic E-state index is 12.9. The van der Waals surface area contributed by atoms with Gasteiger partial charge in [-0.15, -0.1) is 0 Å². The Morgan fingerprint density at radius 1 is 1.12 bits per heavy atom. The van der Waals surface area contributed by atoms with Gasteiger partial charge in [0.2, 0.25) is 5.88 Å². The second-order valence-corrected chi connectivity index (χ2v) is 9.52. The van der Waals surface area contributed by atoms with Crippen molar-refractivity contribution in [3.05, 3.63) is 59.7 Å². The molecule has 32 heavy (non-hydrogen) atoms. The summed E-state index contributed by atoms with van der Waals surface area (Å²) in [5.74, 6) is 0.284. The van der Waals surface area contributed by atoms with Crippen molar-refractivity contribution in [2.45, 2.75) is 56.6 Å². The summed E-state index contributed by atoms with van der Waals surface area (Å²) in [5, 5.41) is 3.17. The molecule has 2 amide bonds. The Morgan fingerprint density at radius 2 is 1.94 bits per heavy atom. The number of hydrogen-bond acceptors (Lipinski definition) is 5. The summed E-state index contributed by atoms with van der Waals surface area (Å²) in [7, 11) is 0. The number of rotatable bonds is 6. The molecule has 3 N–H and O–H groups in total. The van der Waals surface area contributed by atoms with E-state index in [2.05, 4.69) is 21.4 Å². The number of primary amides is 1. The fraction of sp³-hybridized carbons (Fsp3) is 0.417. The lowest BCUT2D eigenvalue weighted by molar-refractivity contribution is -0.0848. The second-order valence-electron chi connectivity index (χ2n) is 9.52. The van der Waals surface area contributed by atoms with Crippen LogP contribution in [0.15, 0.2) is 42.9 Å². The van der Waals surface area contributed by atoms with E-state index in [4.69, 9.17) is 10.5 Å². The van der Waals surface area contributed by atoms with Gasteiger partial charge in [-0.1, -0.05) is 6.07 Å². The SMILES string of the molecule is NC(=O)c1cccnc1OC1CC2(CC(NC(=O)c3cnc4c(C5CC5)cccn34)C2)C1. The number of hydrogen-bond donors (Lipinski definition) is 2. The minimum Gasteiger partial charge on any atom is -0.474 e. The first-order valence-corrected chi connectivity index (χ1v) is 11.2. The van der Waals surface area contributed by atoms with Crippen LogP contribution in [0.5, 0.6) is 5.88 Å². The van der Waals surface area contributed by atoms with Crippen molar-refractivity contribution in [1.29, 1.82) is 0 Å². The van der Waals surface area contributed by atoms with E-state index >= 15 is 0 Å². The smallest absolute Gasteiger partial charge is 0.270 e. The van der Waals surface area contributed by atoms with E-state index in [1.165, 1.54) is 18.4 Å². The van der Waals surface area contributed by atoms with E-state index in [0.717, 1.165) is 31.3 Å². The molecule has 3 aliphatic carbocycles. The van der Waals surface area contributed by atoms with Crippen LogP contribution in [0, 0.1) is 5.41 Å². The summed E-state index contributed by atoms with van der Waals surface area (Å²) < 4.78 is 7.83. The summed E-state index contributed by atoms with van der Waals surface area (Å²) in [4.78, 5) is 33.1. The monoisotopic (exact) mass is 431 g/mol. The molecule has 1 spiro atoms. The molecule has 0 atom stereocenters. The lowest BCUT2D eigenvalue weighted by Gasteiger charge is -2.57. The third-order valence-corrected chi connectivity index (χ3v) is 7.15. The van der Waals surface area contributed by atoms with Crippen LogP contribution < -0.4 is 15.8 Å². The summed E-state index contributed by atoms with van der Waals surface area (Å²) >= 11 is 0. The number of nitrogens with one attached hydrogen (secondary N) is 1. The summed E-state index contributed by atoms with van der Waals surface area (Å²) in [5.41, 5.74) is 8.65. The highest BCUT2D eigenvalue weighted by molar-refractivity contribution is 5.95. The molecule has 0 saturated heterocycles. The van der Waals surface area contributed by atoms with Crippen LogP contribution in [0.3, 0.4) is 0 Å². The van der Waals surface area contributed by atoms with E-state index in [-0.39, 0.29) is 23.5 Å². The zero-order valence-electron chi connectivity index (χ0n) is 17.7. The molecule has 3 aromatic heterocycles. The van der Waals surface area contributed by atoms with E-state index in [9.17, 15) is 9.59 Å². The number of aromatic nitrogens is 3. The van der Waals surface area contributed by atoms with Crippen molar-refractivity contribution >= 4 is 17.5 Å². The van der Waals surface area contributed by atoms with Crippen molar-refractivity contribution in [3.8, 4) is 5.88 Å². The Morgan fingerprint density at radius 3 is 2.69 bits per heavy atom. The molecule has 0 bridgehead atoms. The van der Waals surface area contributed by atoms with Crippen molar-refractivity contribution in [1.82, 2.24) is 19.7 Å². The molecule has 3 saturated carbocycles. The van der Waals surface area contributed by atoms with Crippen LogP contribution in [0.4, 0.5) is 0 Å². The Bertz CT molecular complexity index is 1220. The lowest BCUT2D eigenvalue weighted by atomic mass is 9.53. The van der Waals surface area contributed by atoms with Crippen molar-refractivity contribution in [2.24, 2.45) is 11.1 Å². The number of carbonyl (C=O) groups excluding carboxylic acids is 2. The number of fused-ring (bicyclic) bond motifs is 1. The molecule has 8 heteroatoms. The van der Waals surface area contributed by atoms with E-state index in [0.29, 0.717) is 23.1 Å². The molecule has 8 nitrogen and oxygen atoms in total. The molecule has 3 aromatic rings. The number of ether oxygens (including phenoxy) is 1. The van der Waals surface area contributed by atoms with Crippen LogP contribution in [0.2, 0.25) is 0 Å². The Labute approximate surface area is 185 Å². The highest BCUT2D eigenvalue weighted by Gasteiger charge is 2.54. The van der Waals surface area contributed by atoms with Gasteiger partial charge in [0, 0.05) is 18.4 Å². The zero-order valence-corrected chi connectivity index (χ0v) is 17.7. The molecule has 0 aromatic carbocycles. The van der Waals surface area contributed by atoms with Gasteiger partial charge in [0.05, 0.1) is 6.20 Å². The van der Waals surface area contributed by atoms with Crippen LogP contribution >= 0.6 is 0 Å². The second kappa shape index (κ2) is 7.05. The van der Waals surface area contributed by atoms with E-state index in [1.807, 2.05) is 16.7 Å². The van der Waals surface area contributed by atoms with Crippen LogP contribution in [-0.2, 0) is 0 Å². The normalized spacial score (nSPS) is 26.4. The molecular weight excluding hydrogens is 406 g/mol. The quantitative estimate of drug-likeness (QED) is 0.623. The first kappa shape index (κ1) is 19.3. The Balaban J connectivity index is 1.05. The number of imidazole rings is 1. The number of nitrogens with two attached hydrogens (primary N) is 1. The molecule has 3 heterocycles. The Kier molecular flexibility index (Phi) is 4.25. The number of nitrogens with zero attached hydrogens (tertiary/aromatic N) is 3. The summed E-state index contributed by atoms with van der Waals surface area (Å²) in [6, 6.07) is 7.57. The predicted octanol–water partition coefficient (Wildman–Crippen LogP) is 2.83. The van der Waals surface area contributed by atoms with Crippen molar-refractivity contribution in [2.75, 3.05) is 0 Å². The molecule has 6 rings (SSSR count). The predicted molar refractivity (Wildman–Crippen MR) is 116 cm³/mol. The average molecular weight is 431 g/mol. The van der Waals surface area contributed by atoms with Crippen LogP contribution in [-0.4, -0.2) is 38.3 Å².